The van der Waals surface area contributed by atoms with Crippen molar-refractivity contribution in [3.8, 4) is 5.75 Å². The van der Waals surface area contributed by atoms with Crippen LogP contribution >= 0.6 is 0 Å². The molecule has 1 amide bonds. The molecule has 0 atom stereocenters. The molecule has 3 rings (SSSR count). The first-order chi connectivity index (χ1) is 16.7. The van der Waals surface area contributed by atoms with Gasteiger partial charge in [-0.1, -0.05) is 44.2 Å². The molecule has 3 aromatic rings. The maximum atomic E-state index is 13.4. The molecule has 0 N–H and O–H groups in total. The van der Waals surface area contributed by atoms with Crippen LogP contribution < -0.4 is 4.74 Å². The van der Waals surface area contributed by atoms with Crippen molar-refractivity contribution in [2.45, 2.75) is 37.8 Å². The minimum atomic E-state index is -3.77. The van der Waals surface area contributed by atoms with Crippen molar-refractivity contribution in [1.29, 1.82) is 0 Å². The average molecular weight is 500 g/mol. The first kappa shape index (κ1) is 26.4. The molecule has 188 valence electrons. The van der Waals surface area contributed by atoms with Crippen LogP contribution in [0.1, 0.15) is 35.5 Å². The molecule has 2 aromatic carbocycles. The van der Waals surface area contributed by atoms with Gasteiger partial charge in [0.1, 0.15) is 5.75 Å². The van der Waals surface area contributed by atoms with E-state index in [4.69, 9.17) is 9.47 Å². The van der Waals surface area contributed by atoms with E-state index in [1.807, 2.05) is 32.0 Å². The normalized spacial score (nSPS) is 11.6. The predicted molar refractivity (Wildman–Crippen MR) is 134 cm³/mol. The average Bonchev–Trinajstić information content (AvgIpc) is 3.25. The minimum absolute atomic E-state index is 0.0379. The predicted octanol–water partition coefficient (Wildman–Crippen LogP) is 3.81. The second-order valence-electron chi connectivity index (χ2n) is 8.73. The number of nitrogens with zero attached hydrogens (tertiary/aromatic N) is 3. The molecule has 1 aromatic heterocycles. The Bertz CT molecular complexity index is 1220. The van der Waals surface area contributed by atoms with Crippen molar-refractivity contribution in [2.75, 3.05) is 27.4 Å². The first-order valence-corrected chi connectivity index (χ1v) is 13.1. The summed E-state index contributed by atoms with van der Waals surface area (Å²) in [5.74, 6) is 0.491. The monoisotopic (exact) mass is 499 g/mol. The van der Waals surface area contributed by atoms with Crippen LogP contribution in [0.2, 0.25) is 0 Å². The van der Waals surface area contributed by atoms with Gasteiger partial charge in [-0.05, 0) is 35.7 Å². The third-order valence-corrected chi connectivity index (χ3v) is 7.03. The number of hydrogen-bond acceptors (Lipinski definition) is 6. The van der Waals surface area contributed by atoms with E-state index in [0.29, 0.717) is 42.3 Å². The van der Waals surface area contributed by atoms with Crippen LogP contribution in [0.5, 0.6) is 5.75 Å². The van der Waals surface area contributed by atoms with Gasteiger partial charge in [0, 0.05) is 25.8 Å². The fraction of sp³-hybridized carbons (Fsp3) is 0.385. The molecular weight excluding hydrogens is 466 g/mol. The van der Waals surface area contributed by atoms with E-state index in [-0.39, 0.29) is 29.3 Å². The zero-order chi connectivity index (χ0) is 25.4. The van der Waals surface area contributed by atoms with Crippen molar-refractivity contribution in [1.82, 2.24) is 14.5 Å². The number of amides is 1. The molecule has 0 saturated carbocycles. The molecule has 0 fully saturated rings. The highest BCUT2D eigenvalue weighted by Gasteiger charge is 2.26. The van der Waals surface area contributed by atoms with Crippen LogP contribution in [0.15, 0.2) is 66.0 Å². The van der Waals surface area contributed by atoms with Crippen molar-refractivity contribution in [2.24, 2.45) is 5.92 Å². The van der Waals surface area contributed by atoms with Crippen LogP contribution in [-0.2, 0) is 33.4 Å². The van der Waals surface area contributed by atoms with Crippen molar-refractivity contribution < 1.29 is 22.7 Å². The molecule has 0 aliphatic carbocycles. The van der Waals surface area contributed by atoms with Crippen LogP contribution in [0.3, 0.4) is 0 Å². The number of rotatable bonds is 12. The number of imidazole rings is 1. The fourth-order valence-electron chi connectivity index (χ4n) is 3.85. The Morgan fingerprint density at radius 2 is 1.83 bits per heavy atom. The lowest BCUT2D eigenvalue weighted by atomic mass is 10.1. The quantitative estimate of drug-likeness (QED) is 0.376. The second kappa shape index (κ2) is 12.0. The molecule has 1 heterocycles. The number of ether oxygens (including phenoxy) is 2. The Balaban J connectivity index is 1.94. The van der Waals surface area contributed by atoms with E-state index in [2.05, 4.69) is 4.98 Å². The van der Waals surface area contributed by atoms with Crippen LogP contribution in [0, 0.1) is 5.92 Å². The SMILES string of the molecule is COCCn1c(CN(CC(C)C)C(=O)c2ccccc2)cnc1S(=O)(=O)Cc1cccc(OC)c1. The number of sulfone groups is 1. The van der Waals surface area contributed by atoms with Gasteiger partial charge in [0.15, 0.2) is 0 Å². The van der Waals surface area contributed by atoms with E-state index in [1.54, 1.807) is 59.2 Å². The molecule has 9 heteroatoms. The van der Waals surface area contributed by atoms with Gasteiger partial charge in [0.2, 0.25) is 15.0 Å². The summed E-state index contributed by atoms with van der Waals surface area (Å²) < 4.78 is 38.8. The highest BCUT2D eigenvalue weighted by Crippen LogP contribution is 2.22. The van der Waals surface area contributed by atoms with Gasteiger partial charge in [-0.25, -0.2) is 13.4 Å². The minimum Gasteiger partial charge on any atom is -0.497 e. The lowest BCUT2D eigenvalue weighted by Crippen LogP contribution is -2.34. The smallest absolute Gasteiger partial charge is 0.254 e. The van der Waals surface area contributed by atoms with Gasteiger partial charge in [-0.2, -0.15) is 0 Å². The van der Waals surface area contributed by atoms with Gasteiger partial charge in [0.25, 0.3) is 5.91 Å². The van der Waals surface area contributed by atoms with Gasteiger partial charge in [0.05, 0.1) is 37.9 Å². The van der Waals surface area contributed by atoms with E-state index < -0.39 is 9.84 Å². The summed E-state index contributed by atoms with van der Waals surface area (Å²) >= 11 is 0. The van der Waals surface area contributed by atoms with Gasteiger partial charge >= 0.3 is 0 Å². The number of carbonyl (C=O) groups is 1. The summed E-state index contributed by atoms with van der Waals surface area (Å²) in [6.45, 7) is 5.44. The van der Waals surface area contributed by atoms with E-state index in [1.165, 1.54) is 7.11 Å². The summed E-state index contributed by atoms with van der Waals surface area (Å²) in [6.07, 6.45) is 1.54. The molecule has 0 radical (unpaired) electrons. The Morgan fingerprint density at radius 3 is 2.49 bits per heavy atom. The van der Waals surface area contributed by atoms with E-state index in [9.17, 15) is 13.2 Å². The molecule has 0 aliphatic rings. The molecule has 0 spiro atoms. The van der Waals surface area contributed by atoms with E-state index >= 15 is 0 Å². The van der Waals surface area contributed by atoms with Crippen LogP contribution in [-0.4, -0.2) is 56.1 Å². The number of carbonyl (C=O) groups excluding carboxylic acids is 1. The Kier molecular flexibility index (Phi) is 9.06. The fourth-order valence-corrected chi connectivity index (χ4v) is 5.36. The maximum Gasteiger partial charge on any atom is 0.254 e. The molecule has 0 bridgehead atoms. The zero-order valence-corrected chi connectivity index (χ0v) is 21.5. The van der Waals surface area contributed by atoms with Crippen molar-refractivity contribution >= 4 is 15.7 Å². The number of aromatic nitrogens is 2. The second-order valence-corrected chi connectivity index (χ2v) is 10.6. The van der Waals surface area contributed by atoms with Gasteiger partial charge in [-0.3, -0.25) is 4.79 Å². The summed E-state index contributed by atoms with van der Waals surface area (Å²) in [7, 11) is -0.673. The lowest BCUT2D eigenvalue weighted by Gasteiger charge is -2.25. The van der Waals surface area contributed by atoms with Gasteiger partial charge < -0.3 is 18.9 Å². The lowest BCUT2D eigenvalue weighted by molar-refractivity contribution is 0.0717. The maximum absolute atomic E-state index is 13.4. The highest BCUT2D eigenvalue weighted by atomic mass is 32.2. The number of hydrogen-bond donors (Lipinski definition) is 0. The van der Waals surface area contributed by atoms with Gasteiger partial charge in [-0.15, -0.1) is 0 Å². The molecule has 8 nitrogen and oxygen atoms in total. The molecular formula is C26H33N3O5S. The van der Waals surface area contributed by atoms with Crippen molar-refractivity contribution in [3.05, 3.63) is 77.6 Å². The van der Waals surface area contributed by atoms with Crippen LogP contribution in [0.25, 0.3) is 0 Å². The Labute approximate surface area is 207 Å². The summed E-state index contributed by atoms with van der Waals surface area (Å²) in [4.78, 5) is 19.3. The Hall–Kier alpha value is -3.17. The zero-order valence-electron chi connectivity index (χ0n) is 20.7. The molecule has 0 aliphatic heterocycles. The number of methoxy groups -OCH3 is 2. The largest absolute Gasteiger partial charge is 0.497 e. The first-order valence-electron chi connectivity index (χ1n) is 11.5. The van der Waals surface area contributed by atoms with Crippen LogP contribution in [0.4, 0.5) is 0 Å². The molecule has 0 saturated heterocycles. The standard InChI is InChI=1S/C26H33N3O5S/c1-20(2)17-28(25(30)22-10-6-5-7-11-22)18-23-16-27-26(29(23)13-14-33-3)35(31,32)19-21-9-8-12-24(15-21)34-4/h5-12,15-16,20H,13-14,17-19H2,1-4H3. The highest BCUT2D eigenvalue weighted by molar-refractivity contribution is 7.90. The molecule has 35 heavy (non-hydrogen) atoms. The third kappa shape index (κ3) is 6.93. The summed E-state index contributed by atoms with van der Waals surface area (Å²) in [5.41, 5.74) is 1.83. The topological polar surface area (TPSA) is 90.7 Å². The Morgan fingerprint density at radius 1 is 1.09 bits per heavy atom. The van der Waals surface area contributed by atoms with E-state index in [0.717, 1.165) is 0 Å². The van der Waals surface area contributed by atoms with Crippen molar-refractivity contribution in [3.63, 3.8) is 0 Å². The summed E-state index contributed by atoms with van der Waals surface area (Å²) in [6, 6.07) is 16.0. The third-order valence-electron chi connectivity index (χ3n) is 5.44. The number of benzene rings is 2. The molecule has 0 unspecified atom stereocenters. The summed E-state index contributed by atoms with van der Waals surface area (Å²) in [5, 5.41) is -0.0379.